The van der Waals surface area contributed by atoms with Crippen LogP contribution in [-0.2, 0) is 0 Å². The molecule has 0 amide bonds. The highest BCUT2D eigenvalue weighted by atomic mass is 16.3. The van der Waals surface area contributed by atoms with E-state index in [-0.39, 0.29) is 0 Å². The van der Waals surface area contributed by atoms with Gasteiger partial charge in [-0.05, 0) is 91.1 Å². The van der Waals surface area contributed by atoms with Crippen molar-refractivity contribution in [2.24, 2.45) is 35.0 Å². The molecule has 3 rings (SSSR count). The summed E-state index contributed by atoms with van der Waals surface area (Å²) in [7, 11) is 0. The zero-order valence-corrected chi connectivity index (χ0v) is 20.9. The predicted molar refractivity (Wildman–Crippen MR) is 132 cm³/mol. The maximum absolute atomic E-state index is 10.2. The highest BCUT2D eigenvalue weighted by molar-refractivity contribution is 5.38. The molecule has 176 valence electrons. The summed E-state index contributed by atoms with van der Waals surface area (Å²) in [5, 5.41) is 20.2. The lowest BCUT2D eigenvalue weighted by atomic mass is 9.60. The Hall–Kier alpha value is -0.860. The second-order valence-electron chi connectivity index (χ2n) is 11.6. The molecule has 0 saturated heterocycles. The van der Waals surface area contributed by atoms with Crippen LogP contribution in [0.3, 0.4) is 0 Å². The lowest BCUT2D eigenvalue weighted by molar-refractivity contribution is 0.0860. The van der Waals surface area contributed by atoms with E-state index >= 15 is 0 Å². The minimum Gasteiger partial charge on any atom is -0.393 e. The Morgan fingerprint density at radius 2 is 1.87 bits per heavy atom. The molecule has 31 heavy (non-hydrogen) atoms. The quantitative estimate of drug-likeness (QED) is 0.449. The molecule has 3 saturated carbocycles. The standard InChI is InChI=1S/C29H48O2/c1-7-22(19(2)3)11-10-20(4)26-14-15-27-23(9-8-16-29(26,27)6)12-13-24-17-25(30)18-28(31)21(24)5/h12-13,19-20,22,25-28,30-31H,5,7-11,14-18H2,1-4,6H3/b23-12+,24-13-/t20-,22?,25-,26-,27+,28+,29-/m1/s1. The van der Waals surface area contributed by atoms with E-state index in [1.54, 1.807) is 5.57 Å². The summed E-state index contributed by atoms with van der Waals surface area (Å²) in [6, 6.07) is 0. The van der Waals surface area contributed by atoms with Crippen LogP contribution < -0.4 is 0 Å². The van der Waals surface area contributed by atoms with Crippen LogP contribution in [0.1, 0.15) is 98.8 Å². The number of aliphatic hydroxyl groups excluding tert-OH is 2. The van der Waals surface area contributed by atoms with Gasteiger partial charge in [-0.3, -0.25) is 0 Å². The Bertz CT molecular complexity index is 687. The SMILES string of the molecule is C=C1/C(=C\C=C2/CCC[C@]3(C)[C@@H]([C@H](C)CCC(CC)C(C)C)CC[C@@H]23)C[C@@H](O)C[C@@H]1O. The van der Waals surface area contributed by atoms with Crippen molar-refractivity contribution in [3.8, 4) is 0 Å². The maximum atomic E-state index is 10.2. The van der Waals surface area contributed by atoms with Crippen molar-refractivity contribution in [1.82, 2.24) is 0 Å². The molecule has 0 radical (unpaired) electrons. The summed E-state index contributed by atoms with van der Waals surface area (Å²) >= 11 is 0. The van der Waals surface area contributed by atoms with Gasteiger partial charge in [-0.2, -0.15) is 0 Å². The van der Waals surface area contributed by atoms with E-state index in [1.807, 2.05) is 0 Å². The summed E-state index contributed by atoms with van der Waals surface area (Å²) < 4.78 is 0. The van der Waals surface area contributed by atoms with Gasteiger partial charge in [0.1, 0.15) is 0 Å². The van der Waals surface area contributed by atoms with E-state index in [0.29, 0.717) is 24.2 Å². The van der Waals surface area contributed by atoms with Crippen molar-refractivity contribution in [3.63, 3.8) is 0 Å². The highest BCUT2D eigenvalue weighted by Crippen LogP contribution is 2.60. The van der Waals surface area contributed by atoms with E-state index < -0.39 is 12.2 Å². The van der Waals surface area contributed by atoms with Crippen LogP contribution in [0.15, 0.2) is 35.5 Å². The van der Waals surface area contributed by atoms with Gasteiger partial charge in [0.05, 0.1) is 12.2 Å². The third-order valence-electron chi connectivity index (χ3n) is 9.45. The van der Waals surface area contributed by atoms with Crippen LogP contribution in [-0.4, -0.2) is 22.4 Å². The van der Waals surface area contributed by atoms with E-state index in [2.05, 4.69) is 53.3 Å². The molecule has 2 nitrogen and oxygen atoms in total. The first-order chi connectivity index (χ1) is 14.7. The van der Waals surface area contributed by atoms with Crippen LogP contribution in [0.4, 0.5) is 0 Å². The largest absolute Gasteiger partial charge is 0.393 e. The molecule has 2 heteroatoms. The molecule has 1 unspecified atom stereocenters. The second kappa shape index (κ2) is 10.4. The van der Waals surface area contributed by atoms with Crippen molar-refractivity contribution in [2.75, 3.05) is 0 Å². The summed E-state index contributed by atoms with van der Waals surface area (Å²) in [6.45, 7) is 16.3. The molecular formula is C29H48O2. The van der Waals surface area contributed by atoms with E-state index in [9.17, 15) is 10.2 Å². The Balaban J connectivity index is 1.71. The Kier molecular flexibility index (Phi) is 8.30. The molecule has 3 aliphatic rings. The summed E-state index contributed by atoms with van der Waals surface area (Å²) in [6.07, 6.45) is 15.1. The predicted octanol–water partition coefficient (Wildman–Crippen LogP) is 7.23. The maximum Gasteiger partial charge on any atom is 0.0811 e. The molecule has 0 spiro atoms. The molecule has 0 heterocycles. The van der Waals surface area contributed by atoms with E-state index in [4.69, 9.17) is 0 Å². The first-order valence-electron chi connectivity index (χ1n) is 13.1. The molecule has 0 aromatic carbocycles. The molecule has 0 aromatic rings. The van der Waals surface area contributed by atoms with Crippen molar-refractivity contribution in [3.05, 3.63) is 35.5 Å². The number of aliphatic hydroxyl groups is 2. The normalized spacial score (nSPS) is 38.6. The molecule has 2 N–H and O–H groups in total. The monoisotopic (exact) mass is 428 g/mol. The third kappa shape index (κ3) is 5.38. The van der Waals surface area contributed by atoms with Gasteiger partial charge in [0.25, 0.3) is 0 Å². The smallest absolute Gasteiger partial charge is 0.0811 e. The minimum atomic E-state index is -0.598. The third-order valence-corrected chi connectivity index (χ3v) is 9.45. The number of fused-ring (bicyclic) bond motifs is 1. The molecule has 7 atom stereocenters. The van der Waals surface area contributed by atoms with Crippen molar-refractivity contribution >= 4 is 0 Å². The van der Waals surface area contributed by atoms with Crippen molar-refractivity contribution < 1.29 is 10.2 Å². The Labute approximate surface area is 191 Å². The van der Waals surface area contributed by atoms with Crippen LogP contribution in [0.5, 0.6) is 0 Å². The summed E-state index contributed by atoms with van der Waals surface area (Å²) in [5.74, 6) is 4.02. The van der Waals surface area contributed by atoms with Gasteiger partial charge in [-0.1, -0.05) is 71.8 Å². The summed E-state index contributed by atoms with van der Waals surface area (Å²) in [5.41, 5.74) is 3.87. The van der Waals surface area contributed by atoms with Gasteiger partial charge in [0.2, 0.25) is 0 Å². The van der Waals surface area contributed by atoms with Gasteiger partial charge in [-0.25, -0.2) is 0 Å². The molecule has 3 fully saturated rings. The van der Waals surface area contributed by atoms with E-state index in [1.165, 1.54) is 51.4 Å². The lowest BCUT2D eigenvalue weighted by Gasteiger charge is -2.44. The zero-order valence-electron chi connectivity index (χ0n) is 20.9. The van der Waals surface area contributed by atoms with Crippen LogP contribution in [0.25, 0.3) is 0 Å². The summed E-state index contributed by atoms with van der Waals surface area (Å²) in [4.78, 5) is 0. The topological polar surface area (TPSA) is 40.5 Å². The van der Waals surface area contributed by atoms with Gasteiger partial charge >= 0.3 is 0 Å². The van der Waals surface area contributed by atoms with E-state index in [0.717, 1.165) is 34.8 Å². The molecule has 0 aliphatic heterocycles. The number of allylic oxidation sites excluding steroid dienone is 3. The van der Waals surface area contributed by atoms with Crippen LogP contribution in [0.2, 0.25) is 0 Å². The fourth-order valence-electron chi connectivity index (χ4n) is 7.37. The van der Waals surface area contributed by atoms with Crippen molar-refractivity contribution in [2.45, 2.75) is 111 Å². The molecular weight excluding hydrogens is 380 g/mol. The average molecular weight is 429 g/mol. The first kappa shape index (κ1) is 24.8. The highest BCUT2D eigenvalue weighted by Gasteiger charge is 2.50. The number of rotatable bonds is 7. The first-order valence-corrected chi connectivity index (χ1v) is 13.1. The van der Waals surface area contributed by atoms with Crippen LogP contribution in [0, 0.1) is 35.0 Å². The lowest BCUT2D eigenvalue weighted by Crippen LogP contribution is -2.36. The van der Waals surface area contributed by atoms with Gasteiger partial charge < -0.3 is 10.2 Å². The van der Waals surface area contributed by atoms with Gasteiger partial charge in [-0.15, -0.1) is 0 Å². The van der Waals surface area contributed by atoms with Gasteiger partial charge in [0.15, 0.2) is 0 Å². The Morgan fingerprint density at radius 1 is 1.13 bits per heavy atom. The zero-order chi connectivity index (χ0) is 22.8. The van der Waals surface area contributed by atoms with Gasteiger partial charge in [0, 0.05) is 6.42 Å². The number of hydrogen-bond acceptors (Lipinski definition) is 2. The second-order valence-corrected chi connectivity index (χ2v) is 11.6. The average Bonchev–Trinajstić information content (AvgIpc) is 3.07. The number of hydrogen-bond donors (Lipinski definition) is 2. The molecule has 3 aliphatic carbocycles. The fraction of sp³-hybridized carbons (Fsp3) is 0.793. The van der Waals surface area contributed by atoms with Crippen LogP contribution >= 0.6 is 0 Å². The molecule has 0 bridgehead atoms. The minimum absolute atomic E-state index is 0.419. The fourth-order valence-corrected chi connectivity index (χ4v) is 7.37. The Morgan fingerprint density at radius 3 is 2.55 bits per heavy atom. The van der Waals surface area contributed by atoms with Crippen molar-refractivity contribution in [1.29, 1.82) is 0 Å². The molecule has 0 aromatic heterocycles.